The van der Waals surface area contributed by atoms with Gasteiger partial charge in [-0.1, -0.05) is 12.1 Å². The molecule has 0 aliphatic carbocycles. The maximum Gasteiger partial charge on any atom is 0.187 e. The van der Waals surface area contributed by atoms with Crippen LogP contribution in [0.3, 0.4) is 0 Å². The Labute approximate surface area is 69.8 Å². The first-order chi connectivity index (χ1) is 5.86. The Morgan fingerprint density at radius 2 is 2.25 bits per heavy atom. The van der Waals surface area contributed by atoms with Crippen molar-refractivity contribution in [2.75, 3.05) is 5.73 Å². The molecule has 1 aromatic carbocycles. The van der Waals surface area contributed by atoms with Crippen molar-refractivity contribution in [1.82, 2.24) is 0 Å². The van der Waals surface area contributed by atoms with E-state index in [0.29, 0.717) is 0 Å². The second-order valence-corrected chi connectivity index (χ2v) is 2.54. The summed E-state index contributed by atoms with van der Waals surface area (Å²) in [6.07, 6.45) is 1.27. The average molecular weight is 160 g/mol. The molecule has 0 spiro atoms. The molecule has 0 bridgehead atoms. The predicted molar refractivity (Wildman–Crippen MR) is 46.9 cm³/mol. The summed E-state index contributed by atoms with van der Waals surface area (Å²) in [5.41, 5.74) is 7.31. The van der Waals surface area contributed by atoms with Gasteiger partial charge in [0.2, 0.25) is 0 Å². The van der Waals surface area contributed by atoms with E-state index in [9.17, 15) is 0 Å². The zero-order chi connectivity index (χ0) is 8.39. The van der Waals surface area contributed by atoms with E-state index in [4.69, 9.17) is 5.73 Å². The number of rotatable bonds is 1. The standard InChI is InChI=1S/C8H8N4/c9-7-3-1-2-6(4-7)8-10-5-11-12-8/h1-5,8H,9H2. The maximum atomic E-state index is 5.60. The molecule has 0 amide bonds. The van der Waals surface area contributed by atoms with Crippen molar-refractivity contribution in [2.24, 2.45) is 15.2 Å². The van der Waals surface area contributed by atoms with Crippen LogP contribution in [0.4, 0.5) is 5.69 Å². The summed E-state index contributed by atoms with van der Waals surface area (Å²) in [5.74, 6) is 0. The average Bonchev–Trinajstić information content (AvgIpc) is 2.56. The molecule has 1 aliphatic rings. The highest BCUT2D eigenvalue weighted by molar-refractivity contribution is 5.57. The first-order valence-electron chi connectivity index (χ1n) is 3.63. The van der Waals surface area contributed by atoms with Gasteiger partial charge < -0.3 is 5.73 Å². The second-order valence-electron chi connectivity index (χ2n) is 2.54. The van der Waals surface area contributed by atoms with Gasteiger partial charge in [-0.15, -0.1) is 5.11 Å². The molecule has 0 saturated carbocycles. The number of hydrogen-bond donors (Lipinski definition) is 1. The lowest BCUT2D eigenvalue weighted by atomic mass is 10.1. The number of anilines is 1. The fourth-order valence-electron chi connectivity index (χ4n) is 1.09. The molecule has 0 fully saturated rings. The predicted octanol–water partition coefficient (Wildman–Crippen LogP) is 1.76. The van der Waals surface area contributed by atoms with Crippen LogP contribution in [-0.4, -0.2) is 6.34 Å². The van der Waals surface area contributed by atoms with Crippen molar-refractivity contribution in [3.05, 3.63) is 29.8 Å². The van der Waals surface area contributed by atoms with Crippen molar-refractivity contribution in [1.29, 1.82) is 0 Å². The number of benzene rings is 1. The smallest absolute Gasteiger partial charge is 0.187 e. The molecule has 60 valence electrons. The van der Waals surface area contributed by atoms with E-state index in [1.54, 1.807) is 0 Å². The molecule has 2 N–H and O–H groups in total. The molecule has 1 atom stereocenters. The Hall–Kier alpha value is -1.71. The zero-order valence-electron chi connectivity index (χ0n) is 6.38. The van der Waals surface area contributed by atoms with E-state index < -0.39 is 0 Å². The molecule has 4 nitrogen and oxygen atoms in total. The largest absolute Gasteiger partial charge is 0.399 e. The molecular weight excluding hydrogens is 152 g/mol. The van der Waals surface area contributed by atoms with Gasteiger partial charge >= 0.3 is 0 Å². The number of azo groups is 1. The highest BCUT2D eigenvalue weighted by Gasteiger charge is 2.09. The third-order valence-electron chi connectivity index (χ3n) is 1.64. The number of aliphatic imine (C=N–C) groups is 1. The van der Waals surface area contributed by atoms with Crippen molar-refractivity contribution < 1.29 is 0 Å². The summed E-state index contributed by atoms with van der Waals surface area (Å²) in [6, 6.07) is 7.50. The number of hydrogen-bond acceptors (Lipinski definition) is 4. The van der Waals surface area contributed by atoms with Gasteiger partial charge in [-0.05, 0) is 12.1 Å². The van der Waals surface area contributed by atoms with E-state index in [2.05, 4.69) is 15.2 Å². The number of nitrogens with zero attached hydrogens (tertiary/aromatic N) is 3. The molecule has 1 heterocycles. The van der Waals surface area contributed by atoms with E-state index in [-0.39, 0.29) is 6.17 Å². The minimum Gasteiger partial charge on any atom is -0.399 e. The van der Waals surface area contributed by atoms with Crippen LogP contribution in [0.15, 0.2) is 39.5 Å². The van der Waals surface area contributed by atoms with Gasteiger partial charge in [0.1, 0.15) is 6.34 Å². The number of nitrogens with two attached hydrogens (primary N) is 1. The highest BCUT2D eigenvalue weighted by Crippen LogP contribution is 2.22. The van der Waals surface area contributed by atoms with Crippen LogP contribution < -0.4 is 5.73 Å². The van der Waals surface area contributed by atoms with Gasteiger partial charge in [0.15, 0.2) is 6.17 Å². The first-order valence-corrected chi connectivity index (χ1v) is 3.63. The lowest BCUT2D eigenvalue weighted by Crippen LogP contribution is -1.91. The van der Waals surface area contributed by atoms with Gasteiger partial charge in [0.05, 0.1) is 0 Å². The summed E-state index contributed by atoms with van der Waals surface area (Å²) >= 11 is 0. The van der Waals surface area contributed by atoms with Gasteiger partial charge in [-0.25, -0.2) is 4.99 Å². The fourth-order valence-corrected chi connectivity index (χ4v) is 1.09. The van der Waals surface area contributed by atoms with Crippen molar-refractivity contribution in [3.8, 4) is 0 Å². The van der Waals surface area contributed by atoms with Crippen molar-refractivity contribution in [2.45, 2.75) is 6.17 Å². The van der Waals surface area contributed by atoms with Crippen LogP contribution in [0.2, 0.25) is 0 Å². The summed E-state index contributed by atoms with van der Waals surface area (Å²) in [4.78, 5) is 4.03. The molecule has 2 rings (SSSR count). The minimum absolute atomic E-state index is 0.187. The van der Waals surface area contributed by atoms with Gasteiger partial charge in [-0.2, -0.15) is 5.11 Å². The Bertz CT molecular complexity index is 331. The highest BCUT2D eigenvalue weighted by atomic mass is 15.3. The number of nitrogen functional groups attached to an aromatic ring is 1. The Kier molecular flexibility index (Phi) is 1.59. The Balaban J connectivity index is 2.34. The van der Waals surface area contributed by atoms with E-state index in [1.807, 2.05) is 24.3 Å². The molecule has 1 unspecified atom stereocenters. The van der Waals surface area contributed by atoms with Crippen molar-refractivity contribution in [3.63, 3.8) is 0 Å². The Morgan fingerprint density at radius 3 is 2.92 bits per heavy atom. The summed E-state index contributed by atoms with van der Waals surface area (Å²) in [6.45, 7) is 0. The topological polar surface area (TPSA) is 63.1 Å². The van der Waals surface area contributed by atoms with Crippen LogP contribution in [-0.2, 0) is 0 Å². The van der Waals surface area contributed by atoms with Crippen molar-refractivity contribution >= 4 is 12.0 Å². The third-order valence-corrected chi connectivity index (χ3v) is 1.64. The molecule has 4 heteroatoms. The first kappa shape index (κ1) is 6.97. The quantitative estimate of drug-likeness (QED) is 0.625. The molecule has 0 aromatic heterocycles. The molecule has 1 aromatic rings. The monoisotopic (exact) mass is 160 g/mol. The second kappa shape index (κ2) is 2.73. The van der Waals surface area contributed by atoms with Gasteiger partial charge in [-0.3, -0.25) is 0 Å². The summed E-state index contributed by atoms with van der Waals surface area (Å²) < 4.78 is 0. The van der Waals surface area contributed by atoms with E-state index in [0.717, 1.165) is 11.3 Å². The molecule has 1 aliphatic heterocycles. The lowest BCUT2D eigenvalue weighted by molar-refractivity contribution is 0.772. The minimum atomic E-state index is -0.187. The van der Waals surface area contributed by atoms with Crippen LogP contribution in [0.25, 0.3) is 0 Å². The normalized spacial score (nSPS) is 20.2. The van der Waals surface area contributed by atoms with Gasteiger partial charge in [0.25, 0.3) is 0 Å². The van der Waals surface area contributed by atoms with Crippen LogP contribution in [0.1, 0.15) is 11.7 Å². The van der Waals surface area contributed by atoms with Crippen LogP contribution >= 0.6 is 0 Å². The molecule has 0 radical (unpaired) electrons. The third kappa shape index (κ3) is 1.18. The zero-order valence-corrected chi connectivity index (χ0v) is 6.38. The summed E-state index contributed by atoms with van der Waals surface area (Å²) in [7, 11) is 0. The Morgan fingerprint density at radius 1 is 1.33 bits per heavy atom. The SMILES string of the molecule is Nc1cccc(C2N=CN=N2)c1. The lowest BCUT2D eigenvalue weighted by Gasteiger charge is -2.02. The van der Waals surface area contributed by atoms with E-state index >= 15 is 0 Å². The molecule has 0 saturated heterocycles. The van der Waals surface area contributed by atoms with Crippen LogP contribution in [0, 0.1) is 0 Å². The summed E-state index contributed by atoms with van der Waals surface area (Å²) in [5, 5.41) is 7.56. The van der Waals surface area contributed by atoms with Crippen LogP contribution in [0.5, 0.6) is 0 Å². The fraction of sp³-hybridized carbons (Fsp3) is 0.125. The molecular formula is C8H8N4. The van der Waals surface area contributed by atoms with E-state index in [1.165, 1.54) is 6.34 Å². The maximum absolute atomic E-state index is 5.60. The van der Waals surface area contributed by atoms with Gasteiger partial charge in [0, 0.05) is 11.3 Å². The molecule has 12 heavy (non-hydrogen) atoms.